The van der Waals surface area contributed by atoms with Gasteiger partial charge in [-0.15, -0.1) is 0 Å². The minimum atomic E-state index is -4.38. The lowest BCUT2D eigenvalue weighted by Crippen LogP contribution is -2.02. The van der Waals surface area contributed by atoms with Crippen molar-refractivity contribution in [3.05, 3.63) is 23.5 Å². The molecule has 1 heterocycles. The molecule has 0 amide bonds. The van der Waals surface area contributed by atoms with Crippen molar-refractivity contribution >= 4 is 6.29 Å². The molecule has 0 aliphatic carbocycles. The topological polar surface area (TPSA) is 32.9 Å². The van der Waals surface area contributed by atoms with Crippen LogP contribution in [0, 0.1) is 0 Å². The van der Waals surface area contributed by atoms with Gasteiger partial charge in [0.15, 0.2) is 6.29 Å². The van der Waals surface area contributed by atoms with Crippen molar-refractivity contribution in [3.8, 4) is 0 Å². The van der Waals surface area contributed by atoms with Gasteiger partial charge in [-0.1, -0.05) is 0 Å². The number of alkyl halides is 3. The van der Waals surface area contributed by atoms with Crippen molar-refractivity contribution in [1.29, 1.82) is 0 Å². The van der Waals surface area contributed by atoms with Crippen molar-refractivity contribution in [2.45, 2.75) is 6.18 Å². The zero-order valence-corrected chi connectivity index (χ0v) is 5.27. The Bertz CT molecular complexity index is 263. The molecule has 60 valence electrons. The van der Waals surface area contributed by atoms with E-state index in [4.69, 9.17) is 0 Å². The highest BCUT2D eigenvalue weighted by atomic mass is 19.4. The number of H-pyrrole nitrogens is 1. The van der Waals surface area contributed by atoms with Crippen LogP contribution in [-0.2, 0) is 6.18 Å². The van der Waals surface area contributed by atoms with Crippen LogP contribution in [0.1, 0.15) is 16.1 Å². The molecule has 2 nitrogen and oxygen atoms in total. The number of halogens is 3. The Kier molecular flexibility index (Phi) is 1.72. The number of hydrogen-bond donors (Lipinski definition) is 1. The molecule has 0 aromatic carbocycles. The summed E-state index contributed by atoms with van der Waals surface area (Å²) in [6.45, 7) is 0. The lowest BCUT2D eigenvalue weighted by atomic mass is 10.3. The summed E-state index contributed by atoms with van der Waals surface area (Å²) in [7, 11) is 0. The van der Waals surface area contributed by atoms with E-state index in [9.17, 15) is 18.0 Å². The lowest BCUT2D eigenvalue weighted by molar-refractivity contribution is -0.137. The van der Waals surface area contributed by atoms with Crippen LogP contribution in [0.5, 0.6) is 0 Å². The summed E-state index contributed by atoms with van der Waals surface area (Å²) in [5.74, 6) is 0. The molecule has 0 radical (unpaired) electrons. The van der Waals surface area contributed by atoms with Gasteiger partial charge in [-0.25, -0.2) is 0 Å². The monoisotopic (exact) mass is 163 g/mol. The average Bonchev–Trinajstić information content (AvgIpc) is 2.32. The van der Waals surface area contributed by atoms with Gasteiger partial charge < -0.3 is 4.98 Å². The highest BCUT2D eigenvalue weighted by molar-refractivity contribution is 5.72. The van der Waals surface area contributed by atoms with Crippen LogP contribution in [0.4, 0.5) is 13.2 Å². The fourth-order valence-electron chi connectivity index (χ4n) is 0.644. The van der Waals surface area contributed by atoms with Gasteiger partial charge in [0.25, 0.3) is 0 Å². The van der Waals surface area contributed by atoms with E-state index >= 15 is 0 Å². The van der Waals surface area contributed by atoms with Crippen LogP contribution in [0.2, 0.25) is 0 Å². The summed E-state index contributed by atoms with van der Waals surface area (Å²) in [6, 6.07) is 0.757. The van der Waals surface area contributed by atoms with E-state index in [1.165, 1.54) is 0 Å². The number of carbonyl (C=O) groups excluding carboxylic acids is 1. The Hall–Kier alpha value is -1.26. The molecule has 1 rings (SSSR count). The van der Waals surface area contributed by atoms with Crippen LogP contribution in [0.25, 0.3) is 0 Å². The van der Waals surface area contributed by atoms with Crippen LogP contribution >= 0.6 is 0 Å². The molecule has 1 aromatic heterocycles. The fraction of sp³-hybridized carbons (Fsp3) is 0.167. The van der Waals surface area contributed by atoms with Gasteiger partial charge in [0.05, 0.1) is 11.3 Å². The average molecular weight is 163 g/mol. The van der Waals surface area contributed by atoms with Crippen LogP contribution in [0.3, 0.4) is 0 Å². The first-order chi connectivity index (χ1) is 5.04. The molecule has 1 aromatic rings. The Morgan fingerprint density at radius 1 is 1.45 bits per heavy atom. The third kappa shape index (κ3) is 1.60. The SMILES string of the molecule is O=Cc1cc(C(F)(F)F)c[nH]1. The highest BCUT2D eigenvalue weighted by Gasteiger charge is 2.31. The number of aromatic amines is 1. The Morgan fingerprint density at radius 2 is 2.09 bits per heavy atom. The van der Waals surface area contributed by atoms with E-state index < -0.39 is 11.7 Å². The third-order valence-corrected chi connectivity index (χ3v) is 1.16. The smallest absolute Gasteiger partial charge is 0.358 e. The molecule has 0 spiro atoms. The first-order valence-electron chi connectivity index (χ1n) is 2.75. The van der Waals surface area contributed by atoms with E-state index in [1.54, 1.807) is 0 Å². The molecular weight excluding hydrogens is 159 g/mol. The zero-order chi connectivity index (χ0) is 8.48. The first kappa shape index (κ1) is 7.84. The maximum atomic E-state index is 11.8. The van der Waals surface area contributed by atoms with E-state index in [2.05, 4.69) is 4.98 Å². The Balaban J connectivity index is 2.98. The second-order valence-corrected chi connectivity index (χ2v) is 1.96. The van der Waals surface area contributed by atoms with Crippen molar-refractivity contribution in [2.75, 3.05) is 0 Å². The zero-order valence-electron chi connectivity index (χ0n) is 5.27. The first-order valence-corrected chi connectivity index (χ1v) is 2.75. The van der Waals surface area contributed by atoms with Crippen molar-refractivity contribution in [3.63, 3.8) is 0 Å². The van der Waals surface area contributed by atoms with Crippen LogP contribution < -0.4 is 0 Å². The molecule has 0 atom stereocenters. The number of nitrogens with one attached hydrogen (secondary N) is 1. The van der Waals surface area contributed by atoms with Crippen molar-refractivity contribution in [1.82, 2.24) is 4.98 Å². The molecule has 1 N–H and O–H groups in total. The van der Waals surface area contributed by atoms with E-state index in [0.29, 0.717) is 6.29 Å². The van der Waals surface area contributed by atoms with Gasteiger partial charge in [0.1, 0.15) is 0 Å². The predicted octanol–water partition coefficient (Wildman–Crippen LogP) is 1.85. The quantitative estimate of drug-likeness (QED) is 0.629. The number of aromatic nitrogens is 1. The molecular formula is C6H4F3NO. The number of rotatable bonds is 1. The molecule has 0 unspecified atom stereocenters. The van der Waals surface area contributed by atoms with Crippen molar-refractivity contribution < 1.29 is 18.0 Å². The number of hydrogen-bond acceptors (Lipinski definition) is 1. The highest BCUT2D eigenvalue weighted by Crippen LogP contribution is 2.28. The fourth-order valence-corrected chi connectivity index (χ4v) is 0.644. The van der Waals surface area contributed by atoms with Gasteiger partial charge >= 0.3 is 6.18 Å². The van der Waals surface area contributed by atoms with Crippen LogP contribution in [0.15, 0.2) is 12.3 Å². The Morgan fingerprint density at radius 3 is 2.36 bits per heavy atom. The van der Waals surface area contributed by atoms with E-state index in [0.717, 1.165) is 12.3 Å². The van der Waals surface area contributed by atoms with Gasteiger partial charge in [-0.2, -0.15) is 13.2 Å². The summed E-state index contributed by atoms with van der Waals surface area (Å²) in [4.78, 5) is 12.1. The second kappa shape index (κ2) is 2.41. The minimum Gasteiger partial charge on any atom is -0.358 e. The summed E-state index contributed by atoms with van der Waals surface area (Å²) < 4.78 is 35.4. The third-order valence-electron chi connectivity index (χ3n) is 1.16. The molecule has 0 bridgehead atoms. The summed E-state index contributed by atoms with van der Waals surface area (Å²) in [5.41, 5.74) is -0.906. The number of carbonyl (C=O) groups is 1. The predicted molar refractivity (Wildman–Crippen MR) is 31.2 cm³/mol. The summed E-state index contributed by atoms with van der Waals surface area (Å²) in [6.07, 6.45) is -3.29. The lowest BCUT2D eigenvalue weighted by Gasteiger charge is -1.99. The minimum absolute atomic E-state index is 0.0719. The van der Waals surface area contributed by atoms with E-state index in [1.807, 2.05) is 0 Å². The van der Waals surface area contributed by atoms with E-state index in [-0.39, 0.29) is 5.69 Å². The molecule has 11 heavy (non-hydrogen) atoms. The normalized spacial score (nSPS) is 11.5. The van der Waals surface area contributed by atoms with Crippen molar-refractivity contribution in [2.24, 2.45) is 0 Å². The molecule has 0 aliphatic rings. The number of aldehydes is 1. The molecule has 0 saturated carbocycles. The van der Waals surface area contributed by atoms with Gasteiger partial charge in [-0.05, 0) is 6.07 Å². The summed E-state index contributed by atoms with van der Waals surface area (Å²) >= 11 is 0. The Labute approximate surface area is 60.0 Å². The molecule has 0 aliphatic heterocycles. The van der Waals surface area contributed by atoms with Gasteiger partial charge in [0, 0.05) is 6.20 Å². The standard InChI is InChI=1S/C6H4F3NO/c7-6(8,9)4-1-5(3-11)10-2-4/h1-3,10H. The molecule has 0 fully saturated rings. The second-order valence-electron chi connectivity index (χ2n) is 1.96. The van der Waals surface area contributed by atoms with Gasteiger partial charge in [0.2, 0.25) is 0 Å². The summed E-state index contributed by atoms with van der Waals surface area (Å²) in [5, 5.41) is 0. The molecule has 5 heteroatoms. The van der Waals surface area contributed by atoms with Gasteiger partial charge in [-0.3, -0.25) is 4.79 Å². The maximum Gasteiger partial charge on any atom is 0.417 e. The largest absolute Gasteiger partial charge is 0.417 e. The maximum absolute atomic E-state index is 11.8. The molecule has 0 saturated heterocycles. The van der Waals surface area contributed by atoms with Crippen LogP contribution in [-0.4, -0.2) is 11.3 Å².